The zero-order valence-electron chi connectivity index (χ0n) is 16.6. The number of anilines is 1. The number of nitrogens with two attached hydrogens (primary N) is 1. The van der Waals surface area contributed by atoms with Crippen LogP contribution in [-0.2, 0) is 11.3 Å². The van der Waals surface area contributed by atoms with Crippen LogP contribution >= 0.6 is 0 Å². The Morgan fingerprint density at radius 2 is 2.00 bits per heavy atom. The maximum atomic E-state index is 12.7. The van der Waals surface area contributed by atoms with Gasteiger partial charge in [0.25, 0.3) is 5.91 Å². The third-order valence-corrected chi connectivity index (χ3v) is 5.05. The Bertz CT molecular complexity index is 1040. The maximum absolute atomic E-state index is 12.7. The molecule has 0 spiro atoms. The summed E-state index contributed by atoms with van der Waals surface area (Å²) < 4.78 is 0. The summed E-state index contributed by atoms with van der Waals surface area (Å²) in [5.74, 6) is 0.361. The SMILES string of the molecule is CCc1ncnc(-c2ccc(C(=O)N3CCCO3)c(C)c2)c1-c1ccc(N)nc1. The number of nitrogens with zero attached hydrogens (tertiary/aromatic N) is 4. The van der Waals surface area contributed by atoms with Crippen molar-refractivity contribution < 1.29 is 9.63 Å². The van der Waals surface area contributed by atoms with E-state index in [1.54, 1.807) is 18.6 Å². The zero-order valence-corrected chi connectivity index (χ0v) is 16.6. The molecule has 7 nitrogen and oxygen atoms in total. The Labute approximate surface area is 169 Å². The Kier molecular flexibility index (Phi) is 5.22. The van der Waals surface area contributed by atoms with E-state index < -0.39 is 0 Å². The van der Waals surface area contributed by atoms with Crippen LogP contribution in [-0.4, -0.2) is 39.1 Å². The van der Waals surface area contributed by atoms with E-state index in [0.717, 1.165) is 46.5 Å². The van der Waals surface area contributed by atoms with Gasteiger partial charge in [-0.1, -0.05) is 13.0 Å². The smallest absolute Gasteiger partial charge is 0.277 e. The quantitative estimate of drug-likeness (QED) is 0.735. The molecule has 4 rings (SSSR count). The van der Waals surface area contributed by atoms with E-state index in [-0.39, 0.29) is 5.91 Å². The van der Waals surface area contributed by atoms with E-state index in [1.807, 2.05) is 31.2 Å². The highest BCUT2D eigenvalue weighted by Crippen LogP contribution is 2.33. The van der Waals surface area contributed by atoms with E-state index in [4.69, 9.17) is 10.6 Å². The second kappa shape index (κ2) is 7.97. The number of amides is 1. The topological polar surface area (TPSA) is 94.2 Å². The number of pyridine rings is 1. The minimum Gasteiger partial charge on any atom is -0.384 e. The van der Waals surface area contributed by atoms with Gasteiger partial charge in [0.1, 0.15) is 12.1 Å². The number of benzene rings is 1. The summed E-state index contributed by atoms with van der Waals surface area (Å²) in [6, 6.07) is 9.45. The number of hydroxylamine groups is 2. The Morgan fingerprint density at radius 3 is 2.66 bits per heavy atom. The first-order valence-electron chi connectivity index (χ1n) is 9.70. The fourth-order valence-electron chi connectivity index (χ4n) is 3.56. The predicted molar refractivity (Wildman–Crippen MR) is 111 cm³/mol. The summed E-state index contributed by atoms with van der Waals surface area (Å²) in [5.41, 5.74) is 11.8. The van der Waals surface area contributed by atoms with Gasteiger partial charge in [-0.25, -0.2) is 20.0 Å². The van der Waals surface area contributed by atoms with Crippen molar-refractivity contribution in [2.45, 2.75) is 26.7 Å². The summed E-state index contributed by atoms with van der Waals surface area (Å²) in [5, 5.41) is 1.44. The minimum atomic E-state index is -0.105. The van der Waals surface area contributed by atoms with E-state index in [9.17, 15) is 4.79 Å². The first kappa shape index (κ1) is 19.0. The third kappa shape index (κ3) is 3.69. The molecule has 1 aliphatic rings. The zero-order chi connectivity index (χ0) is 20.4. The van der Waals surface area contributed by atoms with Crippen LogP contribution < -0.4 is 5.73 Å². The molecule has 1 amide bonds. The average molecular weight is 389 g/mol. The number of carbonyl (C=O) groups is 1. The molecule has 3 aromatic rings. The standard InChI is InChI=1S/C22H23N5O2/c1-3-18-20(16-6-8-19(23)24-12-16)21(26-13-25-18)15-5-7-17(14(2)11-15)22(28)27-9-4-10-29-27/h5-8,11-13H,3-4,9-10H2,1-2H3,(H2,23,24). The molecule has 0 aliphatic carbocycles. The maximum Gasteiger partial charge on any atom is 0.277 e. The molecule has 3 heterocycles. The van der Waals surface area contributed by atoms with Crippen molar-refractivity contribution in [3.05, 3.63) is 59.7 Å². The Balaban J connectivity index is 1.78. The van der Waals surface area contributed by atoms with Gasteiger partial charge in [-0.2, -0.15) is 0 Å². The number of carbonyl (C=O) groups excluding carboxylic acids is 1. The van der Waals surface area contributed by atoms with E-state index in [1.165, 1.54) is 5.06 Å². The lowest BCUT2D eigenvalue weighted by Crippen LogP contribution is -2.27. The van der Waals surface area contributed by atoms with Crippen LogP contribution in [0.15, 0.2) is 42.9 Å². The summed E-state index contributed by atoms with van der Waals surface area (Å²) in [4.78, 5) is 31.3. The Morgan fingerprint density at radius 1 is 1.17 bits per heavy atom. The molecule has 0 bridgehead atoms. The largest absolute Gasteiger partial charge is 0.384 e. The van der Waals surface area contributed by atoms with Gasteiger partial charge in [-0.3, -0.25) is 9.63 Å². The van der Waals surface area contributed by atoms with Crippen LogP contribution in [0.1, 0.15) is 35.0 Å². The fourth-order valence-corrected chi connectivity index (χ4v) is 3.56. The molecule has 2 aromatic heterocycles. The highest BCUT2D eigenvalue weighted by atomic mass is 16.7. The van der Waals surface area contributed by atoms with Gasteiger partial charge in [0.05, 0.1) is 24.5 Å². The molecule has 29 heavy (non-hydrogen) atoms. The monoisotopic (exact) mass is 389 g/mol. The van der Waals surface area contributed by atoms with Crippen molar-refractivity contribution in [3.63, 3.8) is 0 Å². The molecule has 148 valence electrons. The van der Waals surface area contributed by atoms with Crippen molar-refractivity contribution in [1.29, 1.82) is 0 Å². The molecule has 0 atom stereocenters. The van der Waals surface area contributed by atoms with Crippen molar-refractivity contribution >= 4 is 11.7 Å². The lowest BCUT2D eigenvalue weighted by Gasteiger charge is -2.17. The number of hydrogen-bond donors (Lipinski definition) is 1. The van der Waals surface area contributed by atoms with Gasteiger partial charge in [-0.15, -0.1) is 0 Å². The molecular formula is C22H23N5O2. The van der Waals surface area contributed by atoms with Crippen LogP contribution in [0.2, 0.25) is 0 Å². The van der Waals surface area contributed by atoms with Gasteiger partial charge in [0, 0.05) is 28.5 Å². The van der Waals surface area contributed by atoms with Gasteiger partial charge >= 0.3 is 0 Å². The number of aromatic nitrogens is 3. The number of aryl methyl sites for hydroxylation is 2. The lowest BCUT2D eigenvalue weighted by atomic mass is 9.95. The molecule has 7 heteroatoms. The lowest BCUT2D eigenvalue weighted by molar-refractivity contribution is -0.0768. The molecular weight excluding hydrogens is 366 g/mol. The molecule has 0 saturated carbocycles. The predicted octanol–water partition coefficient (Wildman–Crippen LogP) is 3.44. The highest BCUT2D eigenvalue weighted by Gasteiger charge is 2.23. The molecule has 2 N–H and O–H groups in total. The second-order valence-electron chi connectivity index (χ2n) is 6.99. The van der Waals surface area contributed by atoms with Gasteiger partial charge in [0.2, 0.25) is 0 Å². The van der Waals surface area contributed by atoms with E-state index >= 15 is 0 Å². The van der Waals surface area contributed by atoms with Crippen LogP contribution in [0.3, 0.4) is 0 Å². The average Bonchev–Trinajstić information content (AvgIpc) is 3.28. The third-order valence-electron chi connectivity index (χ3n) is 5.05. The first-order chi connectivity index (χ1) is 14.1. The summed E-state index contributed by atoms with van der Waals surface area (Å²) >= 11 is 0. The molecule has 1 aliphatic heterocycles. The van der Waals surface area contributed by atoms with Gasteiger partial charge < -0.3 is 5.73 Å². The van der Waals surface area contributed by atoms with E-state index in [0.29, 0.717) is 24.5 Å². The molecule has 0 unspecified atom stereocenters. The van der Waals surface area contributed by atoms with Crippen molar-refractivity contribution in [1.82, 2.24) is 20.0 Å². The fraction of sp³-hybridized carbons (Fsp3) is 0.273. The minimum absolute atomic E-state index is 0.105. The molecule has 1 saturated heterocycles. The van der Waals surface area contributed by atoms with Crippen LogP contribution in [0.4, 0.5) is 5.82 Å². The number of hydrogen-bond acceptors (Lipinski definition) is 6. The summed E-state index contributed by atoms with van der Waals surface area (Å²) in [6.07, 6.45) is 4.95. The van der Waals surface area contributed by atoms with Gasteiger partial charge in [0.15, 0.2) is 0 Å². The number of rotatable bonds is 4. The molecule has 1 aromatic carbocycles. The summed E-state index contributed by atoms with van der Waals surface area (Å²) in [6.45, 7) is 5.20. The van der Waals surface area contributed by atoms with Crippen LogP contribution in [0, 0.1) is 6.92 Å². The van der Waals surface area contributed by atoms with Crippen molar-refractivity contribution in [3.8, 4) is 22.4 Å². The first-order valence-corrected chi connectivity index (χ1v) is 9.70. The van der Waals surface area contributed by atoms with Crippen molar-refractivity contribution in [2.75, 3.05) is 18.9 Å². The normalized spacial score (nSPS) is 13.7. The Hall–Kier alpha value is -3.32. The van der Waals surface area contributed by atoms with E-state index in [2.05, 4.69) is 21.9 Å². The molecule has 0 radical (unpaired) electrons. The van der Waals surface area contributed by atoms with Crippen LogP contribution in [0.5, 0.6) is 0 Å². The molecule has 1 fully saturated rings. The van der Waals surface area contributed by atoms with Crippen LogP contribution in [0.25, 0.3) is 22.4 Å². The number of nitrogen functional groups attached to an aromatic ring is 1. The second-order valence-corrected chi connectivity index (χ2v) is 6.99. The van der Waals surface area contributed by atoms with Gasteiger partial charge in [-0.05, 0) is 49.6 Å². The summed E-state index contributed by atoms with van der Waals surface area (Å²) in [7, 11) is 0. The van der Waals surface area contributed by atoms with Crippen molar-refractivity contribution in [2.24, 2.45) is 0 Å². The highest BCUT2D eigenvalue weighted by molar-refractivity contribution is 5.96.